The van der Waals surface area contributed by atoms with Crippen LogP contribution in [0.2, 0.25) is 0 Å². The van der Waals surface area contributed by atoms with Crippen molar-refractivity contribution in [2.24, 2.45) is 0 Å². The van der Waals surface area contributed by atoms with Gasteiger partial charge in [-0.1, -0.05) is 30.3 Å². The molecule has 2 atom stereocenters. The second kappa shape index (κ2) is 4.35. The SMILES string of the molecule is CN1CCC2(CC1c1ccccc1)NC(=O)NC2=O. The molecule has 2 unspecified atom stereocenters. The van der Waals surface area contributed by atoms with Crippen molar-refractivity contribution < 1.29 is 9.59 Å². The number of benzene rings is 1. The molecule has 1 aromatic carbocycles. The molecule has 2 aliphatic heterocycles. The Hall–Kier alpha value is -1.88. The molecule has 2 saturated heterocycles. The van der Waals surface area contributed by atoms with E-state index in [1.54, 1.807) is 0 Å². The number of hydrogen-bond donors (Lipinski definition) is 2. The first kappa shape index (κ1) is 12.2. The van der Waals surface area contributed by atoms with Crippen LogP contribution in [0.4, 0.5) is 4.79 Å². The average molecular weight is 259 g/mol. The molecular formula is C14H17N3O2. The number of hydrogen-bond acceptors (Lipinski definition) is 3. The molecule has 0 bridgehead atoms. The van der Waals surface area contributed by atoms with Crippen molar-refractivity contribution >= 4 is 11.9 Å². The van der Waals surface area contributed by atoms with Gasteiger partial charge in [-0.05, 0) is 25.5 Å². The first-order chi connectivity index (χ1) is 9.11. The molecule has 2 heterocycles. The van der Waals surface area contributed by atoms with Crippen LogP contribution in [0.5, 0.6) is 0 Å². The molecule has 0 aromatic heterocycles. The summed E-state index contributed by atoms with van der Waals surface area (Å²) in [5.41, 5.74) is 0.447. The van der Waals surface area contributed by atoms with Crippen LogP contribution >= 0.6 is 0 Å². The molecule has 2 fully saturated rings. The maximum Gasteiger partial charge on any atom is 0.322 e. The summed E-state index contributed by atoms with van der Waals surface area (Å²) in [7, 11) is 2.05. The highest BCUT2D eigenvalue weighted by molar-refractivity contribution is 6.07. The Kier molecular flexibility index (Phi) is 2.78. The van der Waals surface area contributed by atoms with E-state index in [2.05, 4.69) is 34.7 Å². The Morgan fingerprint density at radius 3 is 2.63 bits per heavy atom. The number of carbonyl (C=O) groups excluding carboxylic acids is 2. The molecule has 1 spiro atoms. The Morgan fingerprint density at radius 2 is 2.00 bits per heavy atom. The van der Waals surface area contributed by atoms with Crippen LogP contribution in [0.1, 0.15) is 24.4 Å². The smallest absolute Gasteiger partial charge is 0.322 e. The first-order valence-corrected chi connectivity index (χ1v) is 6.49. The largest absolute Gasteiger partial charge is 0.323 e. The Morgan fingerprint density at radius 1 is 1.26 bits per heavy atom. The first-order valence-electron chi connectivity index (χ1n) is 6.49. The lowest BCUT2D eigenvalue weighted by molar-refractivity contribution is -0.126. The lowest BCUT2D eigenvalue weighted by Crippen LogP contribution is -2.55. The number of rotatable bonds is 1. The molecule has 5 nitrogen and oxygen atoms in total. The third-order valence-corrected chi connectivity index (χ3v) is 4.16. The zero-order chi connectivity index (χ0) is 13.5. The fraction of sp³-hybridized carbons (Fsp3) is 0.429. The van der Waals surface area contributed by atoms with Gasteiger partial charge < -0.3 is 5.32 Å². The summed E-state index contributed by atoms with van der Waals surface area (Å²) < 4.78 is 0. The average Bonchev–Trinajstić information content (AvgIpc) is 2.68. The Labute approximate surface area is 112 Å². The predicted octanol–water partition coefficient (Wildman–Crippen LogP) is 1.03. The molecule has 5 heteroatoms. The molecule has 3 rings (SSSR count). The fourth-order valence-corrected chi connectivity index (χ4v) is 3.01. The molecule has 0 aliphatic carbocycles. The normalized spacial score (nSPS) is 31.3. The summed E-state index contributed by atoms with van der Waals surface area (Å²) in [5.74, 6) is -0.188. The highest BCUT2D eigenvalue weighted by atomic mass is 16.2. The van der Waals surface area contributed by atoms with Crippen LogP contribution in [0.15, 0.2) is 30.3 Å². The van der Waals surface area contributed by atoms with E-state index in [9.17, 15) is 9.59 Å². The molecule has 0 radical (unpaired) electrons. The van der Waals surface area contributed by atoms with Gasteiger partial charge in [0, 0.05) is 12.6 Å². The van der Waals surface area contributed by atoms with Gasteiger partial charge in [0.2, 0.25) is 0 Å². The summed E-state index contributed by atoms with van der Waals surface area (Å²) in [6.45, 7) is 0.785. The van der Waals surface area contributed by atoms with Gasteiger partial charge in [-0.25, -0.2) is 4.79 Å². The Bertz CT molecular complexity index is 517. The maximum atomic E-state index is 12.0. The minimum Gasteiger partial charge on any atom is -0.323 e. The number of likely N-dealkylation sites (tertiary alicyclic amines) is 1. The van der Waals surface area contributed by atoms with Crippen molar-refractivity contribution in [3.63, 3.8) is 0 Å². The lowest BCUT2D eigenvalue weighted by Gasteiger charge is -2.41. The van der Waals surface area contributed by atoms with E-state index in [1.807, 2.05) is 18.2 Å². The van der Waals surface area contributed by atoms with Crippen molar-refractivity contribution in [2.45, 2.75) is 24.4 Å². The van der Waals surface area contributed by atoms with Crippen LogP contribution < -0.4 is 10.6 Å². The second-order valence-electron chi connectivity index (χ2n) is 5.35. The predicted molar refractivity (Wildman–Crippen MR) is 70.5 cm³/mol. The summed E-state index contributed by atoms with van der Waals surface area (Å²) in [6.07, 6.45) is 1.27. The molecule has 3 amide bonds. The van der Waals surface area contributed by atoms with Crippen molar-refractivity contribution in [2.75, 3.05) is 13.6 Å². The van der Waals surface area contributed by atoms with Crippen LogP contribution in [-0.4, -0.2) is 36.0 Å². The number of carbonyl (C=O) groups is 2. The third-order valence-electron chi connectivity index (χ3n) is 4.16. The zero-order valence-corrected chi connectivity index (χ0v) is 10.8. The number of imide groups is 1. The van der Waals surface area contributed by atoms with Gasteiger partial charge in [0.15, 0.2) is 0 Å². The summed E-state index contributed by atoms with van der Waals surface area (Å²) in [4.78, 5) is 25.7. The maximum absolute atomic E-state index is 12.0. The summed E-state index contributed by atoms with van der Waals surface area (Å²) >= 11 is 0. The van der Waals surface area contributed by atoms with Crippen molar-refractivity contribution in [1.82, 2.24) is 15.5 Å². The molecule has 1 aromatic rings. The molecule has 0 saturated carbocycles. The Balaban J connectivity index is 1.89. The molecule has 19 heavy (non-hydrogen) atoms. The number of nitrogens with zero attached hydrogens (tertiary/aromatic N) is 1. The van der Waals surface area contributed by atoms with Crippen LogP contribution in [0.25, 0.3) is 0 Å². The van der Waals surface area contributed by atoms with Crippen molar-refractivity contribution in [1.29, 1.82) is 0 Å². The van der Waals surface area contributed by atoms with Crippen molar-refractivity contribution in [3.8, 4) is 0 Å². The zero-order valence-electron chi connectivity index (χ0n) is 10.8. The van der Waals surface area contributed by atoms with E-state index in [-0.39, 0.29) is 18.0 Å². The van der Waals surface area contributed by atoms with Gasteiger partial charge in [0.1, 0.15) is 5.54 Å². The van der Waals surface area contributed by atoms with Gasteiger partial charge in [-0.2, -0.15) is 0 Å². The van der Waals surface area contributed by atoms with E-state index in [0.29, 0.717) is 12.8 Å². The standard InChI is InChI=1S/C14H17N3O2/c1-17-8-7-14(12(18)15-13(19)16-14)9-11(17)10-5-3-2-4-6-10/h2-6,11H,7-9H2,1H3,(H2,15,16,18,19). The van der Waals surface area contributed by atoms with Crippen LogP contribution in [0, 0.1) is 0 Å². The number of amides is 3. The molecule has 2 N–H and O–H groups in total. The van der Waals surface area contributed by atoms with E-state index < -0.39 is 5.54 Å². The van der Waals surface area contributed by atoms with E-state index in [4.69, 9.17) is 0 Å². The number of piperidine rings is 1. The van der Waals surface area contributed by atoms with Crippen LogP contribution in [0.3, 0.4) is 0 Å². The summed E-state index contributed by atoms with van der Waals surface area (Å²) in [5, 5.41) is 5.17. The van der Waals surface area contributed by atoms with E-state index >= 15 is 0 Å². The fourth-order valence-electron chi connectivity index (χ4n) is 3.01. The highest BCUT2D eigenvalue weighted by Gasteiger charge is 2.50. The molecular weight excluding hydrogens is 242 g/mol. The van der Waals surface area contributed by atoms with Gasteiger partial charge in [-0.15, -0.1) is 0 Å². The monoisotopic (exact) mass is 259 g/mol. The van der Waals surface area contributed by atoms with Gasteiger partial charge >= 0.3 is 6.03 Å². The van der Waals surface area contributed by atoms with Gasteiger partial charge in [0.05, 0.1) is 0 Å². The van der Waals surface area contributed by atoms with E-state index in [1.165, 1.54) is 5.56 Å². The van der Waals surface area contributed by atoms with Gasteiger partial charge in [0.25, 0.3) is 5.91 Å². The topological polar surface area (TPSA) is 61.4 Å². The molecule has 100 valence electrons. The number of nitrogens with one attached hydrogen (secondary N) is 2. The lowest BCUT2D eigenvalue weighted by atomic mass is 9.81. The van der Waals surface area contributed by atoms with E-state index in [0.717, 1.165) is 6.54 Å². The molecule has 2 aliphatic rings. The van der Waals surface area contributed by atoms with Gasteiger partial charge in [-0.3, -0.25) is 15.0 Å². The van der Waals surface area contributed by atoms with Crippen LogP contribution in [-0.2, 0) is 4.79 Å². The minimum atomic E-state index is -0.732. The highest BCUT2D eigenvalue weighted by Crippen LogP contribution is 2.37. The summed E-state index contributed by atoms with van der Waals surface area (Å²) in [6, 6.07) is 9.88. The van der Waals surface area contributed by atoms with Crippen molar-refractivity contribution in [3.05, 3.63) is 35.9 Å². The second-order valence-corrected chi connectivity index (χ2v) is 5.35. The number of urea groups is 1. The quantitative estimate of drug-likeness (QED) is 0.741. The third kappa shape index (κ3) is 2.00. The minimum absolute atomic E-state index is 0.152.